The smallest absolute Gasteiger partial charge is 0.540 e. The van der Waals surface area contributed by atoms with E-state index in [0.717, 1.165) is 22.4 Å². The molecule has 2 rings (SSSR count). The van der Waals surface area contributed by atoms with Crippen LogP contribution < -0.4 is 4.74 Å². The standard InChI is InChI=1S/C14H12FO.CH3.U/c1-10-3-6-12(15)9-14(10)11-4-7-13(16-2)8-5-11;;/h3-4,6-9H,1-2H3;1H3;/q2*-1;+2. The van der Waals surface area contributed by atoms with Crippen LogP contribution in [0.15, 0.2) is 36.4 Å². The van der Waals surface area contributed by atoms with Crippen molar-refractivity contribution in [2.24, 2.45) is 0 Å². The van der Waals surface area contributed by atoms with E-state index in [2.05, 4.69) is 6.07 Å². The summed E-state index contributed by atoms with van der Waals surface area (Å²) in [7, 11) is 1.61. The third-order valence-corrected chi connectivity index (χ3v) is 2.51. The number of halogens is 1. The monoisotopic (exact) mass is 468 g/mol. The Morgan fingerprint density at radius 2 is 1.89 bits per heavy atom. The Labute approximate surface area is 132 Å². The molecule has 2 aromatic rings. The second-order valence-electron chi connectivity index (χ2n) is 3.60. The molecule has 0 aliphatic heterocycles. The fourth-order valence-electron chi connectivity index (χ4n) is 1.59. The molecule has 92 valence electrons. The van der Waals surface area contributed by atoms with Crippen molar-refractivity contribution in [3.8, 4) is 16.9 Å². The van der Waals surface area contributed by atoms with Gasteiger partial charge in [0.05, 0.1) is 7.11 Å². The normalized spacial score (nSPS) is 9.06. The Balaban J connectivity index is 0.00000144. The molecule has 2 aromatic carbocycles. The van der Waals surface area contributed by atoms with Crippen LogP contribution in [-0.4, -0.2) is 7.11 Å². The Bertz CT molecular complexity index is 494. The quantitative estimate of drug-likeness (QED) is 0.605. The van der Waals surface area contributed by atoms with Crippen molar-refractivity contribution < 1.29 is 40.2 Å². The molecular weight excluding hydrogens is 453 g/mol. The molecular formula is C15H15FOU. The van der Waals surface area contributed by atoms with E-state index in [1.807, 2.05) is 19.1 Å². The second-order valence-corrected chi connectivity index (χ2v) is 3.60. The molecule has 0 atom stereocenters. The summed E-state index contributed by atoms with van der Waals surface area (Å²) < 4.78 is 18.2. The van der Waals surface area contributed by atoms with Gasteiger partial charge >= 0.3 is 31.1 Å². The van der Waals surface area contributed by atoms with E-state index in [-0.39, 0.29) is 44.4 Å². The van der Waals surface area contributed by atoms with E-state index < -0.39 is 0 Å². The van der Waals surface area contributed by atoms with Gasteiger partial charge in [-0.15, -0.1) is 29.8 Å². The molecule has 0 aliphatic carbocycles. The van der Waals surface area contributed by atoms with Gasteiger partial charge < -0.3 is 12.2 Å². The second kappa shape index (κ2) is 7.61. The molecule has 0 aliphatic rings. The third-order valence-electron chi connectivity index (χ3n) is 2.51. The Hall–Kier alpha value is -0.778. The Kier molecular flexibility index (Phi) is 7.28. The molecule has 0 saturated heterocycles. The molecule has 3 heteroatoms. The minimum atomic E-state index is -0.232. The number of benzene rings is 2. The number of methoxy groups -OCH3 is 1. The van der Waals surface area contributed by atoms with Crippen LogP contribution in [0.4, 0.5) is 4.39 Å². The van der Waals surface area contributed by atoms with Crippen LogP contribution in [0, 0.1) is 57.3 Å². The molecule has 0 amide bonds. The van der Waals surface area contributed by atoms with Crippen LogP contribution in [0.5, 0.6) is 5.75 Å². The summed E-state index contributed by atoms with van der Waals surface area (Å²) in [6, 6.07) is 13.3. The molecule has 0 radical (unpaired) electrons. The van der Waals surface area contributed by atoms with Gasteiger partial charge in [-0.2, -0.15) is 0 Å². The van der Waals surface area contributed by atoms with Crippen molar-refractivity contribution in [2.75, 3.05) is 7.11 Å². The average molecular weight is 468 g/mol. The van der Waals surface area contributed by atoms with Gasteiger partial charge in [0, 0.05) is 5.75 Å². The van der Waals surface area contributed by atoms with Gasteiger partial charge in [-0.1, -0.05) is 23.3 Å². The van der Waals surface area contributed by atoms with E-state index in [0.29, 0.717) is 0 Å². The topological polar surface area (TPSA) is 9.23 Å². The van der Waals surface area contributed by atoms with Crippen LogP contribution in [-0.2, 0) is 0 Å². The fraction of sp³-hybridized carbons (Fsp3) is 0.133. The van der Waals surface area contributed by atoms with Crippen molar-refractivity contribution in [3.05, 3.63) is 61.3 Å². The van der Waals surface area contributed by atoms with E-state index in [9.17, 15) is 4.39 Å². The Morgan fingerprint density at radius 1 is 1.17 bits per heavy atom. The van der Waals surface area contributed by atoms with E-state index in [4.69, 9.17) is 4.74 Å². The zero-order valence-corrected chi connectivity index (χ0v) is 14.9. The van der Waals surface area contributed by atoms with Gasteiger partial charge in [0.2, 0.25) is 0 Å². The van der Waals surface area contributed by atoms with E-state index in [1.165, 1.54) is 12.1 Å². The van der Waals surface area contributed by atoms with Crippen LogP contribution in [0.1, 0.15) is 5.56 Å². The maximum absolute atomic E-state index is 13.1. The average Bonchev–Trinajstić information content (AvgIpc) is 2.32. The summed E-state index contributed by atoms with van der Waals surface area (Å²) in [5, 5.41) is 0. The number of aryl methyl sites for hydroxylation is 1. The minimum Gasteiger partial charge on any atom is -0.540 e. The SMILES string of the molecule is COc1c[c-]c(-c2cc(F)ccc2C)cc1.[CH3-].[U+2]. The summed E-state index contributed by atoms with van der Waals surface area (Å²) in [4.78, 5) is 0. The van der Waals surface area contributed by atoms with Crippen LogP contribution in [0.2, 0.25) is 0 Å². The molecule has 0 aromatic heterocycles. The molecule has 0 saturated carbocycles. The van der Waals surface area contributed by atoms with Gasteiger partial charge in [-0.3, -0.25) is 0 Å². The first-order valence-electron chi connectivity index (χ1n) is 5.03. The number of ether oxygens (including phenoxy) is 1. The molecule has 0 unspecified atom stereocenters. The molecule has 1 nitrogen and oxygen atoms in total. The van der Waals surface area contributed by atoms with Crippen molar-refractivity contribution in [3.63, 3.8) is 0 Å². The summed E-state index contributed by atoms with van der Waals surface area (Å²) >= 11 is 0. The van der Waals surface area contributed by atoms with Crippen LogP contribution in [0.25, 0.3) is 11.1 Å². The Morgan fingerprint density at radius 3 is 2.44 bits per heavy atom. The van der Waals surface area contributed by atoms with Crippen molar-refractivity contribution in [1.29, 1.82) is 0 Å². The predicted octanol–water partition coefficient (Wildman–Crippen LogP) is 4.06. The zero-order valence-electron chi connectivity index (χ0n) is 10.8. The van der Waals surface area contributed by atoms with Gasteiger partial charge in [-0.25, -0.2) is 4.39 Å². The van der Waals surface area contributed by atoms with Crippen LogP contribution in [0.3, 0.4) is 0 Å². The van der Waals surface area contributed by atoms with Gasteiger partial charge in [0.25, 0.3) is 0 Å². The molecule has 0 spiro atoms. The molecule has 0 bridgehead atoms. The first-order chi connectivity index (χ1) is 7.70. The molecule has 18 heavy (non-hydrogen) atoms. The number of rotatable bonds is 2. The molecule has 0 fully saturated rings. The summed E-state index contributed by atoms with van der Waals surface area (Å²) in [5.41, 5.74) is 2.77. The first-order valence-corrected chi connectivity index (χ1v) is 5.03. The van der Waals surface area contributed by atoms with E-state index in [1.54, 1.807) is 19.2 Å². The molecule has 0 N–H and O–H groups in total. The van der Waals surface area contributed by atoms with Gasteiger partial charge in [0.1, 0.15) is 5.82 Å². The van der Waals surface area contributed by atoms with Crippen molar-refractivity contribution in [2.45, 2.75) is 6.92 Å². The van der Waals surface area contributed by atoms with Crippen molar-refractivity contribution in [1.82, 2.24) is 0 Å². The largest absolute Gasteiger partial charge is 2.00 e. The summed E-state index contributed by atoms with van der Waals surface area (Å²) in [6.45, 7) is 1.95. The fourth-order valence-corrected chi connectivity index (χ4v) is 1.59. The summed E-state index contributed by atoms with van der Waals surface area (Å²) in [5.74, 6) is 0.516. The van der Waals surface area contributed by atoms with Gasteiger partial charge in [-0.05, 0) is 13.0 Å². The molecule has 0 heterocycles. The maximum Gasteiger partial charge on any atom is 2.00 e. The third kappa shape index (κ3) is 3.87. The number of hydrogen-bond donors (Lipinski definition) is 0. The summed E-state index contributed by atoms with van der Waals surface area (Å²) in [6.07, 6.45) is 0. The van der Waals surface area contributed by atoms with E-state index >= 15 is 0 Å². The van der Waals surface area contributed by atoms with Gasteiger partial charge in [0.15, 0.2) is 0 Å². The van der Waals surface area contributed by atoms with Crippen LogP contribution >= 0.6 is 0 Å². The maximum atomic E-state index is 13.1. The number of hydrogen-bond acceptors (Lipinski definition) is 1. The minimum absolute atomic E-state index is 0. The van der Waals surface area contributed by atoms with Crippen molar-refractivity contribution >= 4 is 0 Å². The predicted molar refractivity (Wildman–Crippen MR) is 68.4 cm³/mol. The first kappa shape index (κ1) is 17.2. The zero-order chi connectivity index (χ0) is 11.5.